The van der Waals surface area contributed by atoms with Crippen molar-refractivity contribution in [3.8, 4) is 11.5 Å². The third kappa shape index (κ3) is 1.88. The summed E-state index contributed by atoms with van der Waals surface area (Å²) < 4.78 is 60.3. The summed E-state index contributed by atoms with van der Waals surface area (Å²) in [5.74, 6) is -1.02. The molecule has 19 heavy (non-hydrogen) atoms. The first-order chi connectivity index (χ1) is 8.65. The van der Waals surface area contributed by atoms with E-state index in [9.17, 15) is 22.7 Å². The minimum atomic E-state index is -4.75. The van der Waals surface area contributed by atoms with Crippen molar-refractivity contribution >= 4 is 15.9 Å². The Kier molecular flexibility index (Phi) is 2.42. The van der Waals surface area contributed by atoms with Gasteiger partial charge in [-0.2, -0.15) is 17.6 Å². The van der Waals surface area contributed by atoms with Crippen molar-refractivity contribution < 1.29 is 32.1 Å². The smallest absolute Gasteiger partial charge is 0.421 e. The first-order valence-electron chi connectivity index (χ1n) is 5.35. The minimum absolute atomic E-state index is 0.302. The van der Waals surface area contributed by atoms with Gasteiger partial charge < -0.3 is 14.6 Å². The predicted molar refractivity (Wildman–Crippen MR) is 58.4 cm³/mol. The van der Waals surface area contributed by atoms with Crippen LogP contribution in [0.3, 0.4) is 0 Å². The summed E-state index contributed by atoms with van der Waals surface area (Å²) in [5, 5.41) is 9.95. The Morgan fingerprint density at radius 2 is 1.47 bits per heavy atom. The zero-order chi connectivity index (χ0) is 14.1. The molecule has 3 nitrogen and oxygen atoms in total. The molecule has 1 saturated carbocycles. The van der Waals surface area contributed by atoms with Crippen LogP contribution in [0, 0.1) is 0 Å². The van der Waals surface area contributed by atoms with Gasteiger partial charge in [-0.15, -0.1) is 0 Å². The van der Waals surface area contributed by atoms with Crippen molar-refractivity contribution in [1.82, 2.24) is 0 Å². The maximum absolute atomic E-state index is 13.0. The predicted octanol–water partition coefficient (Wildman–Crippen LogP) is 3.39. The van der Waals surface area contributed by atoms with E-state index in [2.05, 4.69) is 25.4 Å². The van der Waals surface area contributed by atoms with Gasteiger partial charge in [0.25, 0.3) is 0 Å². The van der Waals surface area contributed by atoms with Crippen molar-refractivity contribution in [2.75, 3.05) is 0 Å². The van der Waals surface area contributed by atoms with E-state index in [0.29, 0.717) is 22.9 Å². The monoisotopic (exact) mass is 342 g/mol. The lowest BCUT2D eigenvalue weighted by Gasteiger charge is -2.32. The lowest BCUT2D eigenvalue weighted by Crippen LogP contribution is -2.52. The summed E-state index contributed by atoms with van der Waals surface area (Å²) in [6.45, 7) is 0. The van der Waals surface area contributed by atoms with Crippen LogP contribution in [-0.4, -0.2) is 17.3 Å². The van der Waals surface area contributed by atoms with Gasteiger partial charge in [-0.25, -0.2) is 0 Å². The van der Waals surface area contributed by atoms with Crippen molar-refractivity contribution in [3.05, 3.63) is 22.2 Å². The summed E-state index contributed by atoms with van der Waals surface area (Å²) in [6, 6.07) is 2.18. The highest BCUT2D eigenvalue weighted by molar-refractivity contribution is 9.10. The zero-order valence-corrected chi connectivity index (χ0v) is 10.8. The van der Waals surface area contributed by atoms with E-state index in [0.717, 1.165) is 12.1 Å². The van der Waals surface area contributed by atoms with Gasteiger partial charge in [0.1, 0.15) is 0 Å². The third-order valence-corrected chi connectivity index (χ3v) is 3.73. The Morgan fingerprint density at radius 3 is 1.95 bits per heavy atom. The highest BCUT2D eigenvalue weighted by Gasteiger charge is 2.66. The lowest BCUT2D eigenvalue weighted by molar-refractivity contribution is -0.391. The fourth-order valence-corrected chi connectivity index (χ4v) is 2.53. The van der Waals surface area contributed by atoms with Gasteiger partial charge in [0.05, 0.1) is 5.60 Å². The molecular formula is C11H7BrF4O3. The van der Waals surface area contributed by atoms with Gasteiger partial charge in [-0.3, -0.25) is 0 Å². The fraction of sp³-hybridized carbons (Fsp3) is 0.455. The van der Waals surface area contributed by atoms with Crippen LogP contribution in [0.5, 0.6) is 11.5 Å². The quantitative estimate of drug-likeness (QED) is 0.795. The molecule has 1 N–H and O–H groups in total. The Bertz CT molecular complexity index is 557. The number of hydrogen-bond acceptors (Lipinski definition) is 3. The molecule has 0 atom stereocenters. The molecule has 0 saturated heterocycles. The molecule has 1 aliphatic heterocycles. The lowest BCUT2D eigenvalue weighted by atomic mass is 10.1. The Labute approximate surface area is 113 Å². The zero-order valence-electron chi connectivity index (χ0n) is 9.22. The summed E-state index contributed by atoms with van der Waals surface area (Å²) in [6.07, 6.45) is -8.55. The number of ether oxygens (including phenoxy) is 2. The van der Waals surface area contributed by atoms with Gasteiger partial charge in [0.2, 0.25) is 0 Å². The van der Waals surface area contributed by atoms with Crippen LogP contribution in [0.25, 0.3) is 0 Å². The standard InChI is InChI=1S/C11H7BrF4O3/c12-6-4-8-7(3-5(6)9(17)1-2-9)18-10(13,14)11(15,16)19-8/h3-4,17H,1-2H2. The summed E-state index contributed by atoms with van der Waals surface area (Å²) in [7, 11) is 0. The van der Waals surface area contributed by atoms with Crippen molar-refractivity contribution in [2.24, 2.45) is 0 Å². The van der Waals surface area contributed by atoms with Gasteiger partial charge in [0.15, 0.2) is 11.5 Å². The molecule has 8 heteroatoms. The van der Waals surface area contributed by atoms with Crippen LogP contribution < -0.4 is 9.47 Å². The van der Waals surface area contributed by atoms with Gasteiger partial charge >= 0.3 is 12.2 Å². The Hall–Kier alpha value is -1.02. The van der Waals surface area contributed by atoms with Gasteiger partial charge in [-0.1, -0.05) is 15.9 Å². The third-order valence-electron chi connectivity index (χ3n) is 3.07. The van der Waals surface area contributed by atoms with E-state index < -0.39 is 29.3 Å². The van der Waals surface area contributed by atoms with E-state index in [1.54, 1.807) is 0 Å². The topological polar surface area (TPSA) is 38.7 Å². The summed E-state index contributed by atoms with van der Waals surface area (Å²) in [4.78, 5) is 0. The Balaban J connectivity index is 2.08. The van der Waals surface area contributed by atoms with Crippen LogP contribution in [0.2, 0.25) is 0 Å². The highest BCUT2D eigenvalue weighted by atomic mass is 79.9. The molecule has 1 fully saturated rings. The molecule has 0 radical (unpaired) electrons. The van der Waals surface area contributed by atoms with E-state index in [1.165, 1.54) is 0 Å². The molecule has 3 rings (SSSR count). The molecule has 0 amide bonds. The number of rotatable bonds is 1. The molecule has 1 aromatic rings. The fourth-order valence-electron chi connectivity index (χ4n) is 1.83. The van der Waals surface area contributed by atoms with E-state index in [-0.39, 0.29) is 0 Å². The average Bonchev–Trinajstić information content (AvgIpc) is 2.99. The first-order valence-corrected chi connectivity index (χ1v) is 6.14. The maximum Gasteiger partial charge on any atom is 0.507 e. The van der Waals surface area contributed by atoms with Crippen LogP contribution in [-0.2, 0) is 5.60 Å². The highest BCUT2D eigenvalue weighted by Crippen LogP contribution is 2.53. The SMILES string of the molecule is OC1(c2cc3c(cc2Br)OC(F)(F)C(F)(F)O3)CC1. The van der Waals surface area contributed by atoms with E-state index in [4.69, 9.17) is 0 Å². The van der Waals surface area contributed by atoms with Gasteiger partial charge in [0, 0.05) is 10.0 Å². The molecule has 1 aromatic carbocycles. The number of halogens is 5. The molecule has 0 unspecified atom stereocenters. The molecule has 0 bridgehead atoms. The normalized spacial score (nSPS) is 24.9. The largest absolute Gasteiger partial charge is 0.507 e. The number of hydrogen-bond donors (Lipinski definition) is 1. The van der Waals surface area contributed by atoms with E-state index >= 15 is 0 Å². The number of fused-ring (bicyclic) bond motifs is 1. The van der Waals surface area contributed by atoms with Crippen molar-refractivity contribution in [1.29, 1.82) is 0 Å². The second kappa shape index (κ2) is 3.54. The summed E-state index contributed by atoms with van der Waals surface area (Å²) in [5.41, 5.74) is -0.803. The second-order valence-corrected chi connectivity index (χ2v) is 5.40. The van der Waals surface area contributed by atoms with Crippen LogP contribution >= 0.6 is 15.9 Å². The number of aliphatic hydroxyl groups is 1. The molecule has 0 spiro atoms. The molecule has 0 aromatic heterocycles. The molecular weight excluding hydrogens is 336 g/mol. The van der Waals surface area contributed by atoms with Crippen molar-refractivity contribution in [2.45, 2.75) is 30.7 Å². The minimum Gasteiger partial charge on any atom is -0.421 e. The molecule has 2 aliphatic rings. The second-order valence-electron chi connectivity index (χ2n) is 4.55. The summed E-state index contributed by atoms with van der Waals surface area (Å²) >= 11 is 3.09. The average molecular weight is 343 g/mol. The van der Waals surface area contributed by atoms with Crippen LogP contribution in [0.4, 0.5) is 17.6 Å². The molecule has 104 valence electrons. The first kappa shape index (κ1) is 13.0. The maximum atomic E-state index is 13.0. The molecule has 1 aliphatic carbocycles. The van der Waals surface area contributed by atoms with Gasteiger partial charge in [-0.05, 0) is 25.0 Å². The van der Waals surface area contributed by atoms with E-state index in [1.807, 2.05) is 0 Å². The van der Waals surface area contributed by atoms with Crippen LogP contribution in [0.15, 0.2) is 16.6 Å². The molecule has 1 heterocycles. The Morgan fingerprint density at radius 1 is 1.00 bits per heavy atom. The van der Waals surface area contributed by atoms with Crippen molar-refractivity contribution in [3.63, 3.8) is 0 Å². The van der Waals surface area contributed by atoms with Crippen LogP contribution in [0.1, 0.15) is 18.4 Å². The number of benzene rings is 1. The number of alkyl halides is 4.